The van der Waals surface area contributed by atoms with E-state index in [1.807, 2.05) is 35.7 Å². The van der Waals surface area contributed by atoms with Gasteiger partial charge in [-0.1, -0.05) is 24.3 Å². The molecule has 0 bridgehead atoms. The maximum atomic E-state index is 12.6. The van der Waals surface area contributed by atoms with Crippen molar-refractivity contribution in [2.45, 2.75) is 6.92 Å². The van der Waals surface area contributed by atoms with Crippen LogP contribution in [0.5, 0.6) is 0 Å². The number of para-hydroxylation sites is 1. The van der Waals surface area contributed by atoms with E-state index < -0.39 is 5.97 Å². The van der Waals surface area contributed by atoms with Crippen LogP contribution in [-0.2, 0) is 4.74 Å². The topological polar surface area (TPSA) is 61.2 Å². The standard InChI is InChI=1S/C17H14N2O3S/c1-2-22-17(21)15-13(16(20)14-9-6-10-23-14)11-19(18-15)12-7-4-3-5-8-12/h3-11H,2H2,1H3. The highest BCUT2D eigenvalue weighted by Crippen LogP contribution is 2.20. The minimum atomic E-state index is -0.595. The van der Waals surface area contributed by atoms with Crippen LogP contribution in [0.1, 0.15) is 32.6 Å². The van der Waals surface area contributed by atoms with Crippen LogP contribution < -0.4 is 0 Å². The highest BCUT2D eigenvalue weighted by atomic mass is 32.1. The van der Waals surface area contributed by atoms with Gasteiger partial charge < -0.3 is 4.74 Å². The Morgan fingerprint density at radius 3 is 2.61 bits per heavy atom. The lowest BCUT2D eigenvalue weighted by molar-refractivity contribution is 0.0516. The summed E-state index contributed by atoms with van der Waals surface area (Å²) in [6, 6.07) is 12.8. The number of thiophene rings is 1. The molecule has 0 N–H and O–H groups in total. The molecule has 0 aliphatic heterocycles. The average molecular weight is 326 g/mol. The summed E-state index contributed by atoms with van der Waals surface area (Å²) in [4.78, 5) is 25.3. The number of ketones is 1. The zero-order valence-electron chi connectivity index (χ0n) is 12.4. The predicted molar refractivity (Wildman–Crippen MR) is 87.3 cm³/mol. The summed E-state index contributed by atoms with van der Waals surface area (Å²) in [5.74, 6) is -0.827. The molecule has 23 heavy (non-hydrogen) atoms. The molecular formula is C17H14N2O3S. The lowest BCUT2D eigenvalue weighted by Crippen LogP contribution is -2.11. The molecule has 2 heterocycles. The molecule has 1 aromatic carbocycles. The fourth-order valence-corrected chi connectivity index (χ4v) is 2.82. The zero-order chi connectivity index (χ0) is 16.2. The van der Waals surface area contributed by atoms with Gasteiger partial charge in [-0.15, -0.1) is 11.3 Å². The number of carbonyl (C=O) groups excluding carboxylic acids is 2. The van der Waals surface area contributed by atoms with Crippen LogP contribution in [0.25, 0.3) is 5.69 Å². The summed E-state index contributed by atoms with van der Waals surface area (Å²) >= 11 is 1.33. The molecule has 3 aromatic rings. The first kappa shape index (κ1) is 15.2. The highest BCUT2D eigenvalue weighted by Gasteiger charge is 2.25. The number of aromatic nitrogens is 2. The molecule has 3 rings (SSSR count). The summed E-state index contributed by atoms with van der Waals surface area (Å²) in [6.07, 6.45) is 1.57. The quantitative estimate of drug-likeness (QED) is 0.533. The van der Waals surface area contributed by atoms with E-state index in [0.29, 0.717) is 4.88 Å². The Hall–Kier alpha value is -2.73. The number of esters is 1. The van der Waals surface area contributed by atoms with Crippen molar-refractivity contribution >= 4 is 23.1 Å². The summed E-state index contributed by atoms with van der Waals surface area (Å²) in [5, 5.41) is 6.07. The van der Waals surface area contributed by atoms with Gasteiger partial charge in [-0.05, 0) is 30.5 Å². The van der Waals surface area contributed by atoms with Crippen molar-refractivity contribution in [1.82, 2.24) is 9.78 Å². The molecule has 5 nitrogen and oxygen atoms in total. The van der Waals surface area contributed by atoms with Crippen LogP contribution in [0.15, 0.2) is 54.0 Å². The summed E-state index contributed by atoms with van der Waals surface area (Å²) < 4.78 is 6.54. The lowest BCUT2D eigenvalue weighted by atomic mass is 10.1. The monoisotopic (exact) mass is 326 g/mol. The molecule has 0 fully saturated rings. The van der Waals surface area contributed by atoms with Gasteiger partial charge in [0, 0.05) is 6.20 Å². The number of hydrogen-bond acceptors (Lipinski definition) is 5. The van der Waals surface area contributed by atoms with E-state index in [2.05, 4.69) is 5.10 Å². The van der Waals surface area contributed by atoms with Gasteiger partial charge in [-0.2, -0.15) is 5.10 Å². The van der Waals surface area contributed by atoms with Gasteiger partial charge in [0.2, 0.25) is 5.78 Å². The second kappa shape index (κ2) is 6.58. The van der Waals surface area contributed by atoms with E-state index in [9.17, 15) is 9.59 Å². The lowest BCUT2D eigenvalue weighted by Gasteiger charge is -2.00. The maximum absolute atomic E-state index is 12.6. The van der Waals surface area contributed by atoms with E-state index in [4.69, 9.17) is 4.74 Å². The fraction of sp³-hybridized carbons (Fsp3) is 0.118. The SMILES string of the molecule is CCOC(=O)c1nn(-c2ccccc2)cc1C(=O)c1cccs1. The summed E-state index contributed by atoms with van der Waals surface area (Å²) in [6.45, 7) is 1.94. The minimum Gasteiger partial charge on any atom is -0.461 e. The van der Waals surface area contributed by atoms with Crippen molar-refractivity contribution < 1.29 is 14.3 Å². The number of hydrogen-bond donors (Lipinski definition) is 0. The molecule has 0 radical (unpaired) electrons. The van der Waals surface area contributed by atoms with E-state index in [0.717, 1.165) is 5.69 Å². The van der Waals surface area contributed by atoms with E-state index >= 15 is 0 Å². The second-order valence-corrected chi connectivity index (χ2v) is 5.65. The largest absolute Gasteiger partial charge is 0.461 e. The van der Waals surface area contributed by atoms with Crippen LogP contribution >= 0.6 is 11.3 Å². The first-order chi connectivity index (χ1) is 11.2. The Kier molecular flexibility index (Phi) is 4.34. The predicted octanol–water partition coefficient (Wildman–Crippen LogP) is 3.34. The molecule has 0 saturated carbocycles. The van der Waals surface area contributed by atoms with Crippen LogP contribution in [0, 0.1) is 0 Å². The molecular weight excluding hydrogens is 312 g/mol. The van der Waals surface area contributed by atoms with Gasteiger partial charge in [-0.3, -0.25) is 4.79 Å². The van der Waals surface area contributed by atoms with Crippen molar-refractivity contribution in [3.8, 4) is 5.69 Å². The third-order valence-corrected chi connectivity index (χ3v) is 4.06. The van der Waals surface area contributed by atoms with Crippen LogP contribution in [0.2, 0.25) is 0 Å². The Bertz CT molecular complexity index is 823. The Morgan fingerprint density at radius 2 is 1.96 bits per heavy atom. The molecule has 0 atom stereocenters. The van der Waals surface area contributed by atoms with Crippen molar-refractivity contribution in [3.63, 3.8) is 0 Å². The Labute approximate surface area is 137 Å². The maximum Gasteiger partial charge on any atom is 0.359 e. The van der Waals surface area contributed by atoms with Gasteiger partial charge in [-0.25, -0.2) is 9.48 Å². The molecule has 0 aliphatic carbocycles. The van der Waals surface area contributed by atoms with E-state index in [1.165, 1.54) is 16.0 Å². The van der Waals surface area contributed by atoms with Gasteiger partial charge in [0.1, 0.15) is 0 Å². The highest BCUT2D eigenvalue weighted by molar-refractivity contribution is 7.12. The van der Waals surface area contributed by atoms with Crippen LogP contribution in [0.3, 0.4) is 0 Å². The Morgan fingerprint density at radius 1 is 1.17 bits per heavy atom. The summed E-state index contributed by atoms with van der Waals surface area (Å²) in [7, 11) is 0. The number of ether oxygens (including phenoxy) is 1. The molecule has 0 aliphatic rings. The second-order valence-electron chi connectivity index (χ2n) is 4.70. The molecule has 0 saturated heterocycles. The smallest absolute Gasteiger partial charge is 0.359 e. The van der Waals surface area contributed by atoms with Gasteiger partial charge in [0.15, 0.2) is 5.69 Å². The normalized spacial score (nSPS) is 10.5. The van der Waals surface area contributed by atoms with Crippen molar-refractivity contribution in [2.75, 3.05) is 6.61 Å². The molecule has 0 spiro atoms. The third-order valence-electron chi connectivity index (χ3n) is 3.19. The number of benzene rings is 1. The van der Waals surface area contributed by atoms with E-state index in [-0.39, 0.29) is 23.6 Å². The first-order valence-electron chi connectivity index (χ1n) is 7.11. The first-order valence-corrected chi connectivity index (χ1v) is 7.99. The fourth-order valence-electron chi connectivity index (χ4n) is 2.14. The van der Waals surface area contributed by atoms with Gasteiger partial charge >= 0.3 is 5.97 Å². The van der Waals surface area contributed by atoms with Gasteiger partial charge in [0.25, 0.3) is 0 Å². The number of carbonyl (C=O) groups is 2. The molecule has 116 valence electrons. The molecule has 0 amide bonds. The number of rotatable bonds is 5. The van der Waals surface area contributed by atoms with Crippen molar-refractivity contribution in [2.24, 2.45) is 0 Å². The molecule has 6 heteroatoms. The van der Waals surface area contributed by atoms with Crippen LogP contribution in [-0.4, -0.2) is 28.1 Å². The molecule has 0 unspecified atom stereocenters. The van der Waals surface area contributed by atoms with E-state index in [1.54, 1.807) is 25.3 Å². The summed E-state index contributed by atoms with van der Waals surface area (Å²) in [5.41, 5.74) is 1.05. The number of nitrogens with zero attached hydrogens (tertiary/aromatic N) is 2. The van der Waals surface area contributed by atoms with Crippen LogP contribution in [0.4, 0.5) is 0 Å². The molecule has 2 aromatic heterocycles. The average Bonchev–Trinajstić information content (AvgIpc) is 3.25. The zero-order valence-corrected chi connectivity index (χ0v) is 13.2. The van der Waals surface area contributed by atoms with Crippen molar-refractivity contribution in [3.05, 3.63) is 70.2 Å². The Balaban J connectivity index is 2.07. The van der Waals surface area contributed by atoms with Gasteiger partial charge in [0.05, 0.1) is 22.7 Å². The van der Waals surface area contributed by atoms with Crippen molar-refractivity contribution in [1.29, 1.82) is 0 Å². The third kappa shape index (κ3) is 3.07. The minimum absolute atomic E-state index is 0.0362.